The molecule has 2 unspecified atom stereocenters. The van der Waals surface area contributed by atoms with Crippen molar-refractivity contribution in [3.05, 3.63) is 24.3 Å². The van der Waals surface area contributed by atoms with Gasteiger partial charge in [0.05, 0.1) is 10.9 Å². The van der Waals surface area contributed by atoms with E-state index in [1.54, 1.807) is 0 Å². The molecule has 0 saturated carbocycles. The molecule has 1 aromatic rings. The van der Waals surface area contributed by atoms with E-state index in [9.17, 15) is 23.1 Å². The highest BCUT2D eigenvalue weighted by atomic mass is 32.2. The monoisotopic (exact) mass is 410 g/mol. The van der Waals surface area contributed by atoms with Gasteiger partial charge in [0.1, 0.15) is 25.0 Å². The topological polar surface area (TPSA) is 124 Å². The van der Waals surface area contributed by atoms with E-state index in [-0.39, 0.29) is 37.1 Å². The molecule has 9 nitrogen and oxygen atoms in total. The summed E-state index contributed by atoms with van der Waals surface area (Å²) in [4.78, 5) is 24.7. The van der Waals surface area contributed by atoms with Gasteiger partial charge in [-0.25, -0.2) is 8.42 Å². The Labute approximate surface area is 163 Å². The van der Waals surface area contributed by atoms with Crippen LogP contribution in [0.25, 0.3) is 0 Å². The van der Waals surface area contributed by atoms with Gasteiger partial charge in [-0.05, 0) is 31.2 Å². The van der Waals surface area contributed by atoms with Crippen LogP contribution < -0.4 is 4.74 Å². The third kappa shape index (κ3) is 4.62. The van der Waals surface area contributed by atoms with Crippen molar-refractivity contribution in [2.24, 2.45) is 0 Å². The van der Waals surface area contributed by atoms with E-state index in [1.165, 1.54) is 43.0 Å². The molecule has 10 heteroatoms. The lowest BCUT2D eigenvalue weighted by Crippen LogP contribution is -2.63. The Morgan fingerprint density at radius 1 is 1.21 bits per heavy atom. The molecule has 0 aromatic heterocycles. The summed E-state index contributed by atoms with van der Waals surface area (Å²) >= 11 is 0. The number of piperazine rings is 1. The van der Waals surface area contributed by atoms with Crippen LogP contribution in [0.2, 0.25) is 0 Å². The van der Waals surface area contributed by atoms with E-state index < -0.39 is 28.1 Å². The maximum absolute atomic E-state index is 13.0. The lowest BCUT2D eigenvalue weighted by atomic mass is 10.1. The molecule has 1 fully saturated rings. The van der Waals surface area contributed by atoms with Crippen LogP contribution in [0.1, 0.15) is 13.8 Å². The number of sulfonamides is 1. The second-order valence-electron chi connectivity index (χ2n) is 6.12. The quantitative estimate of drug-likeness (QED) is 0.642. The van der Waals surface area contributed by atoms with Gasteiger partial charge in [0.2, 0.25) is 15.9 Å². The Hall–Kier alpha value is -2.61. The van der Waals surface area contributed by atoms with Crippen molar-refractivity contribution in [1.29, 1.82) is 0 Å². The molecule has 2 atom stereocenters. The smallest absolute Gasteiger partial charge is 0.324 e. The Kier molecular flexibility index (Phi) is 7.01. The third-order valence-corrected chi connectivity index (χ3v) is 6.32. The Morgan fingerprint density at radius 3 is 2.39 bits per heavy atom. The second kappa shape index (κ2) is 9.05. The molecule has 28 heavy (non-hydrogen) atoms. The Bertz CT molecular complexity index is 887. The highest BCUT2D eigenvalue weighted by Gasteiger charge is 2.45. The van der Waals surface area contributed by atoms with Crippen LogP contribution in [0.3, 0.4) is 0 Å². The van der Waals surface area contributed by atoms with Gasteiger partial charge in [-0.15, -0.1) is 0 Å². The van der Waals surface area contributed by atoms with Crippen molar-refractivity contribution < 1.29 is 33.0 Å². The summed E-state index contributed by atoms with van der Waals surface area (Å²) < 4.78 is 32.2. The van der Waals surface area contributed by atoms with E-state index in [0.717, 1.165) is 4.31 Å². The van der Waals surface area contributed by atoms with Crippen LogP contribution in [0.5, 0.6) is 5.75 Å². The number of rotatable bonds is 5. The predicted molar refractivity (Wildman–Crippen MR) is 99.0 cm³/mol. The Balaban J connectivity index is 2.25. The van der Waals surface area contributed by atoms with Gasteiger partial charge in [0.15, 0.2) is 0 Å². The lowest BCUT2D eigenvalue weighted by molar-refractivity contribution is -0.148. The number of carboxylic acid groups (broad SMARTS) is 1. The fourth-order valence-electron chi connectivity index (χ4n) is 3.07. The molecule has 1 amide bonds. The van der Waals surface area contributed by atoms with Crippen molar-refractivity contribution in [3.8, 4) is 17.6 Å². The average Bonchev–Trinajstić information content (AvgIpc) is 2.64. The molecule has 2 N–H and O–H groups in total. The zero-order valence-corrected chi connectivity index (χ0v) is 16.3. The van der Waals surface area contributed by atoms with Crippen LogP contribution >= 0.6 is 0 Å². The summed E-state index contributed by atoms with van der Waals surface area (Å²) in [6, 6.07) is 3.35. The average molecular weight is 410 g/mol. The fourth-order valence-corrected chi connectivity index (χ4v) is 4.71. The number of nitrogens with zero attached hydrogens (tertiary/aromatic N) is 2. The summed E-state index contributed by atoms with van der Waals surface area (Å²) in [7, 11) is -4.09. The van der Waals surface area contributed by atoms with Crippen molar-refractivity contribution in [2.45, 2.75) is 30.8 Å². The number of carboxylic acids is 1. The van der Waals surface area contributed by atoms with E-state index in [1.807, 2.05) is 0 Å². The van der Waals surface area contributed by atoms with Crippen molar-refractivity contribution >= 4 is 21.9 Å². The standard InChI is InChI=1S/C18H22N2O7S/c1-13-17(18(23)24)20(10-9-19(13)14(2)22)28(25,26)16-7-5-15(6-8-16)27-12-4-3-11-21/h5-8,13,17,21H,9-12H2,1-2H3,(H,23,24). The summed E-state index contributed by atoms with van der Waals surface area (Å²) in [6.07, 6.45) is 0. The van der Waals surface area contributed by atoms with E-state index in [2.05, 4.69) is 11.8 Å². The van der Waals surface area contributed by atoms with Crippen LogP contribution in [-0.4, -0.2) is 78.1 Å². The number of aliphatic carboxylic acids is 1. The highest BCUT2D eigenvalue weighted by Crippen LogP contribution is 2.26. The van der Waals surface area contributed by atoms with Crippen molar-refractivity contribution in [2.75, 3.05) is 26.3 Å². The number of carbonyl (C=O) groups excluding carboxylic acids is 1. The molecular formula is C18H22N2O7S. The molecule has 0 bridgehead atoms. The largest absolute Gasteiger partial charge is 0.481 e. The first kappa shape index (κ1) is 21.7. The summed E-state index contributed by atoms with van der Waals surface area (Å²) in [5.74, 6) is 3.76. The second-order valence-corrected chi connectivity index (χ2v) is 8.01. The number of hydrogen-bond acceptors (Lipinski definition) is 6. The minimum absolute atomic E-state index is 0.0399. The first-order valence-electron chi connectivity index (χ1n) is 8.51. The zero-order valence-electron chi connectivity index (χ0n) is 15.5. The SMILES string of the molecule is CC(=O)N1CCN(S(=O)(=O)c2ccc(OCC#CCO)cc2)C(C(=O)O)C1C. The van der Waals surface area contributed by atoms with Crippen molar-refractivity contribution in [3.63, 3.8) is 0 Å². The number of amides is 1. The summed E-state index contributed by atoms with van der Waals surface area (Å²) in [5.41, 5.74) is 0. The van der Waals surface area contributed by atoms with Gasteiger partial charge >= 0.3 is 5.97 Å². The number of benzene rings is 1. The predicted octanol–water partition coefficient (Wildman–Crippen LogP) is -0.244. The molecule has 2 rings (SSSR count). The van der Waals surface area contributed by atoms with E-state index in [0.29, 0.717) is 5.75 Å². The van der Waals surface area contributed by atoms with Crippen LogP contribution in [0, 0.1) is 11.8 Å². The van der Waals surface area contributed by atoms with Gasteiger partial charge in [0.25, 0.3) is 0 Å². The van der Waals surface area contributed by atoms with Gasteiger partial charge in [-0.3, -0.25) is 9.59 Å². The molecule has 1 aliphatic heterocycles. The van der Waals surface area contributed by atoms with Gasteiger partial charge < -0.3 is 19.8 Å². The van der Waals surface area contributed by atoms with Crippen LogP contribution in [0.15, 0.2) is 29.2 Å². The normalized spacial score (nSPS) is 20.2. The van der Waals surface area contributed by atoms with Gasteiger partial charge in [-0.2, -0.15) is 4.31 Å². The number of ether oxygens (including phenoxy) is 1. The number of hydrogen-bond donors (Lipinski definition) is 2. The number of aliphatic hydroxyl groups excluding tert-OH is 1. The molecule has 152 valence electrons. The molecule has 1 saturated heterocycles. The van der Waals surface area contributed by atoms with Crippen LogP contribution in [0.4, 0.5) is 0 Å². The third-order valence-electron chi connectivity index (χ3n) is 4.42. The molecular weight excluding hydrogens is 388 g/mol. The molecule has 0 spiro atoms. The number of carbonyl (C=O) groups is 2. The summed E-state index contributed by atoms with van der Waals surface area (Å²) in [5, 5.41) is 18.2. The van der Waals surface area contributed by atoms with Crippen molar-refractivity contribution in [1.82, 2.24) is 9.21 Å². The van der Waals surface area contributed by atoms with E-state index >= 15 is 0 Å². The van der Waals surface area contributed by atoms with E-state index in [4.69, 9.17) is 9.84 Å². The zero-order chi connectivity index (χ0) is 20.9. The Morgan fingerprint density at radius 2 is 1.86 bits per heavy atom. The maximum atomic E-state index is 13.0. The molecule has 0 radical (unpaired) electrons. The lowest BCUT2D eigenvalue weighted by Gasteiger charge is -2.43. The van der Waals surface area contributed by atoms with Crippen LogP contribution in [-0.2, 0) is 19.6 Å². The minimum Gasteiger partial charge on any atom is -0.481 e. The van der Waals surface area contributed by atoms with Gasteiger partial charge in [-0.1, -0.05) is 11.8 Å². The highest BCUT2D eigenvalue weighted by molar-refractivity contribution is 7.89. The maximum Gasteiger partial charge on any atom is 0.324 e. The fraction of sp³-hybridized carbons (Fsp3) is 0.444. The molecule has 1 aliphatic rings. The molecule has 1 aromatic carbocycles. The first-order valence-corrected chi connectivity index (χ1v) is 9.95. The summed E-state index contributed by atoms with van der Waals surface area (Å²) in [6.45, 7) is 2.61. The molecule has 1 heterocycles. The minimum atomic E-state index is -4.09. The number of aliphatic hydroxyl groups is 1. The van der Waals surface area contributed by atoms with Gasteiger partial charge in [0, 0.05) is 20.0 Å². The first-order chi connectivity index (χ1) is 13.2. The molecule has 0 aliphatic carbocycles.